The van der Waals surface area contributed by atoms with Crippen LogP contribution in [0.25, 0.3) is 0 Å². The van der Waals surface area contributed by atoms with E-state index < -0.39 is 4.92 Å². The lowest BCUT2D eigenvalue weighted by atomic mass is 10.2. The first kappa shape index (κ1) is 16.8. The van der Waals surface area contributed by atoms with Crippen molar-refractivity contribution in [2.45, 2.75) is 17.8 Å². The standard InChI is InChI=1S/C17H15N5O2S/c1-13-2-4-15(5-3-13)11-25-17-20-18-12-21(17)19-10-14-6-8-16(9-7-14)22(23)24/h2-10,12H,11H2,1H3/b19-10+. The molecule has 3 aromatic rings. The SMILES string of the molecule is Cc1ccc(CSc2nncn2/N=C/c2ccc([N+](=O)[O-])cc2)cc1. The van der Waals surface area contributed by atoms with Crippen molar-refractivity contribution in [3.63, 3.8) is 0 Å². The molecule has 0 saturated carbocycles. The highest BCUT2D eigenvalue weighted by Gasteiger charge is 2.05. The van der Waals surface area contributed by atoms with Crippen LogP contribution in [0, 0.1) is 17.0 Å². The van der Waals surface area contributed by atoms with Gasteiger partial charge in [-0.15, -0.1) is 10.2 Å². The van der Waals surface area contributed by atoms with Crippen molar-refractivity contribution in [1.82, 2.24) is 14.9 Å². The fourth-order valence-corrected chi connectivity index (χ4v) is 2.86. The number of hydrogen-bond donors (Lipinski definition) is 0. The van der Waals surface area contributed by atoms with Gasteiger partial charge in [0.1, 0.15) is 6.33 Å². The van der Waals surface area contributed by atoms with Crippen LogP contribution in [0.4, 0.5) is 5.69 Å². The lowest BCUT2D eigenvalue weighted by Crippen LogP contribution is -1.93. The predicted octanol–water partition coefficient (Wildman–Crippen LogP) is 3.67. The molecule has 2 aromatic carbocycles. The third-order valence-corrected chi connectivity index (χ3v) is 4.43. The molecule has 0 aliphatic carbocycles. The molecule has 0 spiro atoms. The summed E-state index contributed by atoms with van der Waals surface area (Å²) in [6.07, 6.45) is 3.14. The Morgan fingerprint density at radius 3 is 2.60 bits per heavy atom. The number of nitro benzene ring substituents is 1. The lowest BCUT2D eigenvalue weighted by Gasteiger charge is -2.02. The summed E-state index contributed by atoms with van der Waals surface area (Å²) in [5, 5.41) is 23.6. The molecule has 0 bridgehead atoms. The van der Waals surface area contributed by atoms with Crippen LogP contribution in [0.1, 0.15) is 16.7 Å². The van der Waals surface area contributed by atoms with Gasteiger partial charge in [0.15, 0.2) is 0 Å². The molecule has 1 heterocycles. The Bertz CT molecular complexity index is 888. The van der Waals surface area contributed by atoms with Gasteiger partial charge < -0.3 is 0 Å². The Morgan fingerprint density at radius 1 is 1.20 bits per heavy atom. The molecular weight excluding hydrogens is 338 g/mol. The zero-order chi connectivity index (χ0) is 17.6. The zero-order valence-corrected chi connectivity index (χ0v) is 14.3. The van der Waals surface area contributed by atoms with Crippen LogP contribution in [0.2, 0.25) is 0 Å². The lowest BCUT2D eigenvalue weighted by molar-refractivity contribution is -0.384. The number of hydrogen-bond acceptors (Lipinski definition) is 6. The van der Waals surface area contributed by atoms with E-state index in [-0.39, 0.29) is 5.69 Å². The second kappa shape index (κ2) is 7.71. The average Bonchev–Trinajstić information content (AvgIpc) is 3.07. The third-order valence-electron chi connectivity index (χ3n) is 3.42. The Kier molecular flexibility index (Phi) is 5.20. The minimum absolute atomic E-state index is 0.0517. The minimum atomic E-state index is -0.430. The van der Waals surface area contributed by atoms with Crippen LogP contribution in [-0.4, -0.2) is 26.0 Å². The molecule has 7 nitrogen and oxygen atoms in total. The summed E-state index contributed by atoms with van der Waals surface area (Å²) in [5.41, 5.74) is 3.23. The van der Waals surface area contributed by atoms with E-state index in [9.17, 15) is 10.1 Å². The van der Waals surface area contributed by atoms with Crippen molar-refractivity contribution < 1.29 is 4.92 Å². The minimum Gasteiger partial charge on any atom is -0.258 e. The first-order valence-electron chi connectivity index (χ1n) is 7.49. The number of benzene rings is 2. The molecule has 0 fully saturated rings. The second-order valence-electron chi connectivity index (χ2n) is 5.33. The van der Waals surface area contributed by atoms with Crippen LogP contribution in [0.15, 0.2) is 65.1 Å². The highest BCUT2D eigenvalue weighted by Crippen LogP contribution is 2.20. The molecule has 0 aliphatic rings. The number of non-ortho nitro benzene ring substituents is 1. The van der Waals surface area contributed by atoms with Crippen LogP contribution < -0.4 is 0 Å². The van der Waals surface area contributed by atoms with Crippen LogP contribution in [0.3, 0.4) is 0 Å². The van der Waals surface area contributed by atoms with Crippen molar-refractivity contribution in [1.29, 1.82) is 0 Å². The maximum Gasteiger partial charge on any atom is 0.269 e. The molecule has 3 rings (SSSR count). The fraction of sp³-hybridized carbons (Fsp3) is 0.118. The van der Waals surface area contributed by atoms with Gasteiger partial charge in [0.2, 0.25) is 5.16 Å². The largest absolute Gasteiger partial charge is 0.269 e. The zero-order valence-electron chi connectivity index (χ0n) is 13.4. The highest BCUT2D eigenvalue weighted by molar-refractivity contribution is 7.98. The first-order valence-corrected chi connectivity index (χ1v) is 8.47. The predicted molar refractivity (Wildman–Crippen MR) is 96.9 cm³/mol. The molecule has 0 radical (unpaired) electrons. The Balaban J connectivity index is 1.66. The van der Waals surface area contributed by atoms with E-state index in [0.29, 0.717) is 5.16 Å². The quantitative estimate of drug-likeness (QED) is 0.292. The third kappa shape index (κ3) is 4.51. The topological polar surface area (TPSA) is 86.2 Å². The van der Waals surface area contributed by atoms with E-state index in [1.54, 1.807) is 34.8 Å². The van der Waals surface area contributed by atoms with Crippen LogP contribution in [0.5, 0.6) is 0 Å². The van der Waals surface area contributed by atoms with Gasteiger partial charge in [-0.25, -0.2) is 0 Å². The molecule has 0 aliphatic heterocycles. The van der Waals surface area contributed by atoms with E-state index in [0.717, 1.165) is 11.3 Å². The summed E-state index contributed by atoms with van der Waals surface area (Å²) in [4.78, 5) is 10.2. The van der Waals surface area contributed by atoms with E-state index in [4.69, 9.17) is 0 Å². The van der Waals surface area contributed by atoms with E-state index in [1.807, 2.05) is 0 Å². The summed E-state index contributed by atoms with van der Waals surface area (Å²) in [6, 6.07) is 14.5. The average molecular weight is 353 g/mol. The number of aromatic nitrogens is 3. The molecule has 0 saturated heterocycles. The second-order valence-corrected chi connectivity index (χ2v) is 6.27. The molecule has 126 valence electrons. The Labute approximate surface area is 148 Å². The smallest absolute Gasteiger partial charge is 0.258 e. The Morgan fingerprint density at radius 2 is 1.92 bits per heavy atom. The van der Waals surface area contributed by atoms with Gasteiger partial charge in [0.05, 0.1) is 11.1 Å². The van der Waals surface area contributed by atoms with E-state index in [1.165, 1.54) is 29.6 Å². The fourth-order valence-electron chi connectivity index (χ4n) is 2.04. The summed E-state index contributed by atoms with van der Waals surface area (Å²) < 4.78 is 1.58. The normalized spacial score (nSPS) is 11.1. The van der Waals surface area contributed by atoms with Crippen molar-refractivity contribution in [2.24, 2.45) is 5.10 Å². The molecule has 0 atom stereocenters. The molecule has 0 amide bonds. The van der Waals surface area contributed by atoms with Gasteiger partial charge in [-0.1, -0.05) is 41.6 Å². The summed E-state index contributed by atoms with van der Waals surface area (Å²) in [7, 11) is 0. The van der Waals surface area contributed by atoms with Gasteiger partial charge in [-0.05, 0) is 30.2 Å². The maximum absolute atomic E-state index is 10.7. The van der Waals surface area contributed by atoms with Crippen molar-refractivity contribution in [3.8, 4) is 0 Å². The number of nitro groups is 1. The first-order chi connectivity index (χ1) is 12.1. The molecule has 0 unspecified atom stereocenters. The van der Waals surface area contributed by atoms with Crippen molar-refractivity contribution >= 4 is 23.7 Å². The maximum atomic E-state index is 10.7. The van der Waals surface area contributed by atoms with Crippen LogP contribution >= 0.6 is 11.8 Å². The molecular formula is C17H15N5O2S. The van der Waals surface area contributed by atoms with E-state index >= 15 is 0 Å². The number of thioether (sulfide) groups is 1. The monoisotopic (exact) mass is 353 g/mol. The highest BCUT2D eigenvalue weighted by atomic mass is 32.2. The van der Waals surface area contributed by atoms with Crippen molar-refractivity contribution in [2.75, 3.05) is 0 Å². The van der Waals surface area contributed by atoms with Gasteiger partial charge in [-0.2, -0.15) is 9.78 Å². The van der Waals surface area contributed by atoms with Gasteiger partial charge in [0.25, 0.3) is 5.69 Å². The Hall–Kier alpha value is -3.00. The summed E-state index contributed by atoms with van der Waals surface area (Å²) >= 11 is 1.54. The summed E-state index contributed by atoms with van der Waals surface area (Å²) in [6.45, 7) is 2.06. The van der Waals surface area contributed by atoms with Crippen LogP contribution in [-0.2, 0) is 5.75 Å². The molecule has 0 N–H and O–H groups in total. The molecule has 1 aromatic heterocycles. The molecule has 8 heteroatoms. The number of aryl methyl sites for hydroxylation is 1. The molecule has 25 heavy (non-hydrogen) atoms. The number of nitrogens with zero attached hydrogens (tertiary/aromatic N) is 5. The van der Waals surface area contributed by atoms with Gasteiger partial charge >= 0.3 is 0 Å². The van der Waals surface area contributed by atoms with Gasteiger partial charge in [0, 0.05) is 17.9 Å². The summed E-state index contributed by atoms with van der Waals surface area (Å²) in [5.74, 6) is 0.770. The van der Waals surface area contributed by atoms with Gasteiger partial charge in [-0.3, -0.25) is 10.1 Å². The number of rotatable bonds is 6. The van der Waals surface area contributed by atoms with Crippen molar-refractivity contribution in [3.05, 3.63) is 81.7 Å². The van der Waals surface area contributed by atoms with E-state index in [2.05, 4.69) is 46.5 Å².